The second-order valence-electron chi connectivity index (χ2n) is 7.62. The Morgan fingerprint density at radius 2 is 1.77 bits per heavy atom. The topological polar surface area (TPSA) is 93.2 Å². The molecule has 8 nitrogen and oxygen atoms in total. The molecule has 168 valence electrons. The molecule has 1 aromatic rings. The van der Waals surface area contributed by atoms with Crippen molar-refractivity contribution in [2.24, 2.45) is 0 Å². The fourth-order valence-electron chi connectivity index (χ4n) is 3.60. The fraction of sp³-hybridized carbons (Fsp3) is 0.619. The average Bonchev–Trinajstić information content (AvgIpc) is 2.67. The SMILES string of the molecule is CCN(CC)S(=O)(=O)c1cc(C(=O)OC(C)C(=O)N2CC(C)OC(C)C2)ccc1C. The number of benzene rings is 1. The molecule has 30 heavy (non-hydrogen) atoms. The standard InChI is InChI=1S/C21H32N2O6S/c1-7-23(8-2)30(26,27)19-11-18(10-9-14(19)3)21(25)29-17(6)20(24)22-12-15(4)28-16(5)13-22/h9-11,15-17H,7-8,12-13H2,1-6H3. The molecule has 9 heteroatoms. The van der Waals surface area contributed by atoms with Crippen molar-refractivity contribution in [3.05, 3.63) is 29.3 Å². The molecule has 0 N–H and O–H groups in total. The molecule has 0 aromatic heterocycles. The highest BCUT2D eigenvalue weighted by atomic mass is 32.2. The van der Waals surface area contributed by atoms with Gasteiger partial charge in [0, 0.05) is 26.2 Å². The van der Waals surface area contributed by atoms with Gasteiger partial charge in [0.05, 0.1) is 22.7 Å². The Labute approximate surface area is 179 Å². The van der Waals surface area contributed by atoms with E-state index in [0.29, 0.717) is 31.7 Å². The van der Waals surface area contributed by atoms with Crippen molar-refractivity contribution in [2.45, 2.75) is 64.7 Å². The lowest BCUT2D eigenvalue weighted by atomic mass is 10.1. The first-order valence-electron chi connectivity index (χ1n) is 10.3. The molecule has 1 fully saturated rings. The lowest BCUT2D eigenvalue weighted by Gasteiger charge is -2.36. The number of sulfonamides is 1. The highest BCUT2D eigenvalue weighted by molar-refractivity contribution is 7.89. The minimum Gasteiger partial charge on any atom is -0.449 e. The largest absolute Gasteiger partial charge is 0.449 e. The molecule has 2 rings (SSSR count). The maximum absolute atomic E-state index is 12.9. The van der Waals surface area contributed by atoms with Crippen molar-refractivity contribution in [1.82, 2.24) is 9.21 Å². The molecule has 3 atom stereocenters. The van der Waals surface area contributed by atoms with E-state index in [2.05, 4.69) is 0 Å². The van der Waals surface area contributed by atoms with Gasteiger partial charge >= 0.3 is 5.97 Å². The van der Waals surface area contributed by atoms with Crippen molar-refractivity contribution in [2.75, 3.05) is 26.2 Å². The molecule has 3 unspecified atom stereocenters. The van der Waals surface area contributed by atoms with Crippen LogP contribution in [-0.4, -0.2) is 74.0 Å². The van der Waals surface area contributed by atoms with Crippen LogP contribution in [0.1, 0.15) is 50.5 Å². The van der Waals surface area contributed by atoms with Gasteiger partial charge in [-0.2, -0.15) is 4.31 Å². The van der Waals surface area contributed by atoms with Crippen molar-refractivity contribution in [1.29, 1.82) is 0 Å². The quantitative estimate of drug-likeness (QED) is 0.604. The molecule has 1 amide bonds. The van der Waals surface area contributed by atoms with Gasteiger partial charge in [-0.15, -0.1) is 0 Å². The minimum atomic E-state index is -3.73. The van der Waals surface area contributed by atoms with Crippen LogP contribution in [-0.2, 0) is 24.3 Å². The predicted molar refractivity (Wildman–Crippen MR) is 113 cm³/mol. The van der Waals surface area contributed by atoms with E-state index >= 15 is 0 Å². The van der Waals surface area contributed by atoms with Crippen molar-refractivity contribution < 1.29 is 27.5 Å². The summed E-state index contributed by atoms with van der Waals surface area (Å²) in [7, 11) is -3.73. The first kappa shape index (κ1) is 24.3. The molecule has 1 saturated heterocycles. The summed E-state index contributed by atoms with van der Waals surface area (Å²) in [5, 5.41) is 0. The summed E-state index contributed by atoms with van der Waals surface area (Å²) in [6.07, 6.45) is -1.17. The number of morpholine rings is 1. The highest BCUT2D eigenvalue weighted by Gasteiger charge is 2.31. The van der Waals surface area contributed by atoms with E-state index < -0.39 is 22.1 Å². The Kier molecular flexibility index (Phi) is 8.01. The average molecular weight is 441 g/mol. The van der Waals surface area contributed by atoms with E-state index in [4.69, 9.17) is 9.47 Å². The molecule has 1 heterocycles. The van der Waals surface area contributed by atoms with Crippen LogP contribution in [0.5, 0.6) is 0 Å². The van der Waals surface area contributed by atoms with Crippen LogP contribution in [0.3, 0.4) is 0 Å². The Hall–Kier alpha value is -1.97. The third kappa shape index (κ3) is 5.39. The van der Waals surface area contributed by atoms with Crippen molar-refractivity contribution in [3.8, 4) is 0 Å². The number of rotatable bonds is 7. The van der Waals surface area contributed by atoms with Crippen LogP contribution in [0.4, 0.5) is 0 Å². The summed E-state index contributed by atoms with van der Waals surface area (Å²) >= 11 is 0. The molecular weight excluding hydrogens is 408 g/mol. The third-order valence-corrected chi connectivity index (χ3v) is 7.30. The van der Waals surface area contributed by atoms with E-state index in [9.17, 15) is 18.0 Å². The lowest BCUT2D eigenvalue weighted by Crippen LogP contribution is -2.51. The number of ether oxygens (including phenoxy) is 2. The fourth-order valence-corrected chi connectivity index (χ4v) is 5.31. The summed E-state index contributed by atoms with van der Waals surface area (Å²) in [6, 6.07) is 4.40. The zero-order valence-electron chi connectivity index (χ0n) is 18.5. The van der Waals surface area contributed by atoms with Gasteiger partial charge in [0.2, 0.25) is 10.0 Å². The van der Waals surface area contributed by atoms with Crippen LogP contribution in [0.15, 0.2) is 23.1 Å². The first-order valence-corrected chi connectivity index (χ1v) is 11.7. The van der Waals surface area contributed by atoms with Crippen LogP contribution in [0, 0.1) is 6.92 Å². The predicted octanol–water partition coefficient (Wildman–Crippen LogP) is 2.21. The maximum Gasteiger partial charge on any atom is 0.338 e. The molecule has 0 saturated carbocycles. The second-order valence-corrected chi connectivity index (χ2v) is 9.52. The minimum absolute atomic E-state index is 0.0652. The molecular formula is C21H32N2O6S. The number of carbonyl (C=O) groups is 2. The molecule has 0 bridgehead atoms. The van der Waals surface area contributed by atoms with Gasteiger partial charge in [-0.25, -0.2) is 13.2 Å². The van der Waals surface area contributed by atoms with E-state index in [1.807, 2.05) is 13.8 Å². The van der Waals surface area contributed by atoms with Crippen molar-refractivity contribution >= 4 is 21.9 Å². The lowest BCUT2D eigenvalue weighted by molar-refractivity contribution is -0.151. The van der Waals surface area contributed by atoms with Gasteiger partial charge in [0.25, 0.3) is 5.91 Å². The van der Waals surface area contributed by atoms with E-state index in [1.54, 1.807) is 31.7 Å². The Morgan fingerprint density at radius 3 is 2.30 bits per heavy atom. The van der Waals surface area contributed by atoms with Crippen LogP contribution in [0.25, 0.3) is 0 Å². The van der Waals surface area contributed by atoms with Crippen molar-refractivity contribution in [3.63, 3.8) is 0 Å². The van der Waals surface area contributed by atoms with Crippen LogP contribution in [0.2, 0.25) is 0 Å². The number of aryl methyl sites for hydroxylation is 1. The Balaban J connectivity index is 2.18. The number of hydrogen-bond acceptors (Lipinski definition) is 6. The number of carbonyl (C=O) groups excluding carboxylic acids is 2. The zero-order valence-corrected chi connectivity index (χ0v) is 19.4. The maximum atomic E-state index is 12.9. The van der Waals surface area contributed by atoms with Gasteiger partial charge in [0.1, 0.15) is 0 Å². The molecule has 0 aliphatic carbocycles. The second kappa shape index (κ2) is 9.89. The van der Waals surface area contributed by atoms with Gasteiger partial charge < -0.3 is 14.4 Å². The number of hydrogen-bond donors (Lipinski definition) is 0. The summed E-state index contributed by atoms with van der Waals surface area (Å²) < 4.78 is 38.1. The van der Waals surface area contributed by atoms with E-state index in [0.717, 1.165) is 0 Å². The highest BCUT2D eigenvalue weighted by Crippen LogP contribution is 2.22. The van der Waals surface area contributed by atoms with Crippen LogP contribution < -0.4 is 0 Å². The van der Waals surface area contributed by atoms with Crippen LogP contribution >= 0.6 is 0 Å². The monoisotopic (exact) mass is 440 g/mol. The van der Waals surface area contributed by atoms with Gasteiger partial charge in [-0.3, -0.25) is 4.79 Å². The Morgan fingerprint density at radius 1 is 1.20 bits per heavy atom. The smallest absolute Gasteiger partial charge is 0.338 e. The molecule has 0 spiro atoms. The summed E-state index contributed by atoms with van der Waals surface area (Å²) in [4.78, 5) is 27.0. The van der Waals surface area contributed by atoms with E-state index in [1.165, 1.54) is 23.4 Å². The summed E-state index contributed by atoms with van der Waals surface area (Å²) in [6.45, 7) is 12.0. The van der Waals surface area contributed by atoms with Gasteiger partial charge in [0.15, 0.2) is 6.10 Å². The Bertz CT molecular complexity index is 871. The van der Waals surface area contributed by atoms with Gasteiger partial charge in [-0.05, 0) is 45.4 Å². The number of amides is 1. The van der Waals surface area contributed by atoms with Gasteiger partial charge in [-0.1, -0.05) is 19.9 Å². The zero-order chi connectivity index (χ0) is 22.6. The molecule has 0 radical (unpaired) electrons. The summed E-state index contributed by atoms with van der Waals surface area (Å²) in [5.41, 5.74) is 0.633. The summed E-state index contributed by atoms with van der Waals surface area (Å²) in [5.74, 6) is -1.03. The first-order chi connectivity index (χ1) is 14.0. The molecule has 1 aliphatic rings. The molecule has 1 aliphatic heterocycles. The number of esters is 1. The normalized spacial score (nSPS) is 20.8. The third-order valence-electron chi connectivity index (χ3n) is 5.11. The van der Waals surface area contributed by atoms with E-state index in [-0.39, 0.29) is 28.6 Å². The molecule has 1 aromatic carbocycles. The number of nitrogens with zero attached hydrogens (tertiary/aromatic N) is 2.